The van der Waals surface area contributed by atoms with Crippen molar-refractivity contribution in [3.8, 4) is 0 Å². The van der Waals surface area contributed by atoms with Crippen molar-refractivity contribution in [1.82, 2.24) is 4.98 Å². The van der Waals surface area contributed by atoms with E-state index in [4.69, 9.17) is 0 Å². The predicted octanol–water partition coefficient (Wildman–Crippen LogP) is 4.59. The number of thiophene rings is 1. The van der Waals surface area contributed by atoms with Gasteiger partial charge in [-0.25, -0.2) is 4.98 Å². The second-order valence-corrected chi connectivity index (χ2v) is 7.59. The van der Waals surface area contributed by atoms with Crippen LogP contribution in [0.25, 0.3) is 0 Å². The summed E-state index contributed by atoms with van der Waals surface area (Å²) in [6, 6.07) is 10.5. The minimum atomic E-state index is -0.279. The zero-order valence-electron chi connectivity index (χ0n) is 13.2. The van der Waals surface area contributed by atoms with Crippen LogP contribution in [0.1, 0.15) is 44.5 Å². The molecule has 5 nitrogen and oxygen atoms in total. The highest BCUT2D eigenvalue weighted by Gasteiger charge is 2.26. The number of amides is 2. The number of nitrogens with zero attached hydrogens (tertiary/aromatic N) is 1. The van der Waals surface area contributed by atoms with E-state index < -0.39 is 0 Å². The Hall–Kier alpha value is -2.51. The molecule has 3 aromatic rings. The standard InChI is InChI=1S/C18H15N3O2S2/c22-16(21-18-20-14(10-25-18)11-7-8-11)12-4-1-2-5-13(12)19-17(23)15-6-3-9-24-15/h1-6,9-11H,7-8H2,(H,19,23)(H,20,21,22). The third kappa shape index (κ3) is 3.62. The largest absolute Gasteiger partial charge is 0.321 e. The summed E-state index contributed by atoms with van der Waals surface area (Å²) in [6.07, 6.45) is 2.35. The SMILES string of the molecule is O=C(Nc1ccccc1C(=O)Nc1nc(C2CC2)cs1)c1cccs1. The number of para-hydroxylation sites is 1. The van der Waals surface area contributed by atoms with Crippen molar-refractivity contribution in [2.24, 2.45) is 0 Å². The second-order valence-electron chi connectivity index (χ2n) is 5.78. The van der Waals surface area contributed by atoms with Crippen LogP contribution in [-0.2, 0) is 0 Å². The predicted molar refractivity (Wildman–Crippen MR) is 101 cm³/mol. The summed E-state index contributed by atoms with van der Waals surface area (Å²) in [5.41, 5.74) is 1.95. The number of aromatic nitrogens is 1. The summed E-state index contributed by atoms with van der Waals surface area (Å²) in [5.74, 6) is 0.0542. The van der Waals surface area contributed by atoms with Gasteiger partial charge >= 0.3 is 0 Å². The Kier molecular flexibility index (Phi) is 4.33. The molecule has 2 heterocycles. The molecule has 2 amide bonds. The average Bonchev–Trinajstić information content (AvgIpc) is 3.12. The fraction of sp³-hybridized carbons (Fsp3) is 0.167. The maximum absolute atomic E-state index is 12.6. The van der Waals surface area contributed by atoms with Gasteiger partial charge in [-0.15, -0.1) is 22.7 Å². The lowest BCUT2D eigenvalue weighted by Gasteiger charge is -2.09. The number of nitrogens with one attached hydrogen (secondary N) is 2. The van der Waals surface area contributed by atoms with Crippen molar-refractivity contribution < 1.29 is 9.59 Å². The summed E-state index contributed by atoms with van der Waals surface area (Å²) in [6.45, 7) is 0. The molecule has 0 aliphatic heterocycles. The molecule has 1 saturated carbocycles. The molecular formula is C18H15N3O2S2. The molecule has 1 aromatic carbocycles. The highest BCUT2D eigenvalue weighted by Crippen LogP contribution is 2.40. The molecule has 0 bridgehead atoms. The molecule has 2 N–H and O–H groups in total. The molecule has 1 fully saturated rings. The van der Waals surface area contributed by atoms with E-state index in [2.05, 4.69) is 15.6 Å². The van der Waals surface area contributed by atoms with E-state index in [9.17, 15) is 9.59 Å². The quantitative estimate of drug-likeness (QED) is 0.691. The molecule has 4 rings (SSSR count). The third-order valence-electron chi connectivity index (χ3n) is 3.90. The highest BCUT2D eigenvalue weighted by molar-refractivity contribution is 7.14. The fourth-order valence-electron chi connectivity index (χ4n) is 2.46. The minimum absolute atomic E-state index is 0.222. The van der Waals surface area contributed by atoms with Crippen LogP contribution in [0.2, 0.25) is 0 Å². The van der Waals surface area contributed by atoms with Crippen LogP contribution in [0.4, 0.5) is 10.8 Å². The molecule has 2 aromatic heterocycles. The first-order valence-electron chi connectivity index (χ1n) is 7.91. The number of rotatable bonds is 5. The Labute approximate surface area is 152 Å². The Balaban J connectivity index is 1.50. The highest BCUT2D eigenvalue weighted by atomic mass is 32.1. The molecule has 0 unspecified atom stereocenters. The molecule has 0 spiro atoms. The van der Waals surface area contributed by atoms with E-state index in [1.54, 1.807) is 30.3 Å². The van der Waals surface area contributed by atoms with Gasteiger partial charge in [0, 0.05) is 11.3 Å². The van der Waals surface area contributed by atoms with Crippen molar-refractivity contribution in [1.29, 1.82) is 0 Å². The third-order valence-corrected chi connectivity index (χ3v) is 5.55. The number of carbonyl (C=O) groups is 2. The van der Waals surface area contributed by atoms with Gasteiger partial charge in [-0.05, 0) is 36.4 Å². The van der Waals surface area contributed by atoms with Crippen LogP contribution < -0.4 is 10.6 Å². The summed E-state index contributed by atoms with van der Waals surface area (Å²) in [7, 11) is 0. The van der Waals surface area contributed by atoms with Crippen LogP contribution in [0.5, 0.6) is 0 Å². The number of hydrogen-bond donors (Lipinski definition) is 2. The van der Waals surface area contributed by atoms with Gasteiger partial charge in [0.15, 0.2) is 5.13 Å². The zero-order chi connectivity index (χ0) is 17.2. The lowest BCUT2D eigenvalue weighted by Crippen LogP contribution is -2.17. The van der Waals surface area contributed by atoms with Crippen molar-refractivity contribution in [2.45, 2.75) is 18.8 Å². The average molecular weight is 369 g/mol. The summed E-state index contributed by atoms with van der Waals surface area (Å²) in [5, 5.41) is 10.1. The van der Waals surface area contributed by atoms with E-state index in [1.807, 2.05) is 16.8 Å². The number of anilines is 2. The molecule has 1 aliphatic rings. The molecule has 0 radical (unpaired) electrons. The lowest BCUT2D eigenvalue weighted by atomic mass is 10.1. The first-order valence-corrected chi connectivity index (χ1v) is 9.67. The zero-order valence-corrected chi connectivity index (χ0v) is 14.8. The molecule has 0 atom stereocenters. The van der Waals surface area contributed by atoms with E-state index in [-0.39, 0.29) is 11.8 Å². The van der Waals surface area contributed by atoms with Crippen molar-refractivity contribution in [2.75, 3.05) is 10.6 Å². The van der Waals surface area contributed by atoms with Crippen LogP contribution in [-0.4, -0.2) is 16.8 Å². The molecular weight excluding hydrogens is 354 g/mol. The van der Waals surface area contributed by atoms with Crippen molar-refractivity contribution in [3.63, 3.8) is 0 Å². The number of thiazole rings is 1. The molecule has 7 heteroatoms. The Bertz CT molecular complexity index is 914. The van der Waals surface area contributed by atoms with Gasteiger partial charge < -0.3 is 5.32 Å². The molecule has 126 valence electrons. The molecule has 1 aliphatic carbocycles. The first-order chi connectivity index (χ1) is 12.2. The maximum atomic E-state index is 12.6. The lowest BCUT2D eigenvalue weighted by molar-refractivity contribution is 0.102. The van der Waals surface area contributed by atoms with Gasteiger partial charge in [0.05, 0.1) is 21.8 Å². The van der Waals surface area contributed by atoms with Gasteiger partial charge in [0.25, 0.3) is 11.8 Å². The van der Waals surface area contributed by atoms with E-state index in [0.717, 1.165) is 5.69 Å². The fourth-order valence-corrected chi connectivity index (χ4v) is 3.86. The Morgan fingerprint density at radius 3 is 2.60 bits per heavy atom. The first kappa shape index (κ1) is 16.0. The van der Waals surface area contributed by atoms with E-state index in [1.165, 1.54) is 35.5 Å². The van der Waals surface area contributed by atoms with Gasteiger partial charge in [0.2, 0.25) is 0 Å². The summed E-state index contributed by atoms with van der Waals surface area (Å²) in [4.78, 5) is 29.9. The number of benzene rings is 1. The van der Waals surface area contributed by atoms with Gasteiger partial charge in [-0.1, -0.05) is 18.2 Å². The van der Waals surface area contributed by atoms with Gasteiger partial charge in [0.1, 0.15) is 0 Å². The van der Waals surface area contributed by atoms with E-state index >= 15 is 0 Å². The smallest absolute Gasteiger partial charge is 0.265 e. The van der Waals surface area contributed by atoms with Gasteiger partial charge in [-0.2, -0.15) is 0 Å². The molecule has 0 saturated heterocycles. The minimum Gasteiger partial charge on any atom is -0.321 e. The van der Waals surface area contributed by atoms with Crippen molar-refractivity contribution >= 4 is 45.3 Å². The molecule has 25 heavy (non-hydrogen) atoms. The van der Waals surface area contributed by atoms with Gasteiger partial charge in [-0.3, -0.25) is 14.9 Å². The Morgan fingerprint density at radius 2 is 1.84 bits per heavy atom. The van der Waals surface area contributed by atoms with Crippen LogP contribution in [0.3, 0.4) is 0 Å². The monoisotopic (exact) mass is 369 g/mol. The Morgan fingerprint density at radius 1 is 1.00 bits per heavy atom. The summed E-state index contributed by atoms with van der Waals surface area (Å²) < 4.78 is 0. The topological polar surface area (TPSA) is 71.1 Å². The number of carbonyl (C=O) groups excluding carboxylic acids is 2. The number of hydrogen-bond acceptors (Lipinski definition) is 5. The summed E-state index contributed by atoms with van der Waals surface area (Å²) >= 11 is 2.79. The van der Waals surface area contributed by atoms with Crippen LogP contribution >= 0.6 is 22.7 Å². The van der Waals surface area contributed by atoms with Crippen molar-refractivity contribution in [3.05, 3.63) is 63.3 Å². The van der Waals surface area contributed by atoms with Crippen LogP contribution in [0.15, 0.2) is 47.2 Å². The van der Waals surface area contributed by atoms with Crippen LogP contribution in [0, 0.1) is 0 Å². The van der Waals surface area contributed by atoms with E-state index in [0.29, 0.717) is 27.2 Å². The maximum Gasteiger partial charge on any atom is 0.265 e. The normalized spacial score (nSPS) is 13.4. The second kappa shape index (κ2) is 6.78.